The van der Waals surface area contributed by atoms with E-state index >= 15 is 0 Å². The number of methoxy groups -OCH3 is 1. The van der Waals surface area contributed by atoms with Gasteiger partial charge in [-0.25, -0.2) is 9.59 Å². The van der Waals surface area contributed by atoms with Crippen LogP contribution in [-0.4, -0.2) is 30.1 Å². The number of amides is 2. The van der Waals surface area contributed by atoms with Crippen molar-refractivity contribution in [2.45, 2.75) is 59.8 Å². The molecule has 2 amide bonds. The summed E-state index contributed by atoms with van der Waals surface area (Å²) in [6, 6.07) is 7.18. The summed E-state index contributed by atoms with van der Waals surface area (Å²) in [6.45, 7) is 9.19. The number of nitrogens with zero attached hydrogens (tertiary/aromatic N) is 1. The van der Waals surface area contributed by atoms with Gasteiger partial charge < -0.3 is 24.8 Å². The molecule has 0 spiro atoms. The van der Waals surface area contributed by atoms with Crippen molar-refractivity contribution >= 4 is 17.7 Å². The minimum atomic E-state index is -0.986. The molecule has 0 saturated heterocycles. The van der Waals surface area contributed by atoms with Gasteiger partial charge in [-0.1, -0.05) is 30.7 Å². The molecule has 1 unspecified atom stereocenters. The fourth-order valence-corrected chi connectivity index (χ4v) is 3.98. The van der Waals surface area contributed by atoms with Gasteiger partial charge >= 0.3 is 17.7 Å². The van der Waals surface area contributed by atoms with Crippen molar-refractivity contribution in [3.63, 3.8) is 0 Å². The summed E-state index contributed by atoms with van der Waals surface area (Å²) in [5, 5.41) is 17.4. The molecule has 0 bridgehead atoms. The SMILES string of the molecule is CCC1=C(C(=O)OC(C)C)C(c2cc(OC)c(OCc3cc(C)ccc3C)c([N+](=O)[O-])c2)NC(=O)N1. The van der Waals surface area contributed by atoms with E-state index in [0.29, 0.717) is 12.1 Å². The summed E-state index contributed by atoms with van der Waals surface area (Å²) in [5.74, 6) is -0.568. The van der Waals surface area contributed by atoms with E-state index in [1.54, 1.807) is 20.8 Å². The first-order valence-corrected chi connectivity index (χ1v) is 11.6. The van der Waals surface area contributed by atoms with Gasteiger partial charge in [0.1, 0.15) is 6.61 Å². The highest BCUT2D eigenvalue weighted by Crippen LogP contribution is 2.42. The molecule has 0 aliphatic carbocycles. The van der Waals surface area contributed by atoms with Crippen molar-refractivity contribution in [1.82, 2.24) is 10.6 Å². The summed E-state index contributed by atoms with van der Waals surface area (Å²) in [4.78, 5) is 36.8. The maximum Gasteiger partial charge on any atom is 0.338 e. The van der Waals surface area contributed by atoms with Crippen LogP contribution in [0.1, 0.15) is 55.5 Å². The quantitative estimate of drug-likeness (QED) is 0.290. The molecule has 2 N–H and O–H groups in total. The molecule has 2 aromatic carbocycles. The van der Waals surface area contributed by atoms with Gasteiger partial charge in [0.15, 0.2) is 5.75 Å². The molecule has 10 nitrogen and oxygen atoms in total. The number of urea groups is 1. The lowest BCUT2D eigenvalue weighted by Gasteiger charge is -2.29. The smallest absolute Gasteiger partial charge is 0.338 e. The van der Waals surface area contributed by atoms with Crippen LogP contribution in [0.2, 0.25) is 0 Å². The Morgan fingerprint density at radius 1 is 1.19 bits per heavy atom. The maximum absolute atomic E-state index is 13.0. The van der Waals surface area contributed by atoms with Gasteiger partial charge in [-0.05, 0) is 56.9 Å². The van der Waals surface area contributed by atoms with E-state index in [4.69, 9.17) is 14.2 Å². The summed E-state index contributed by atoms with van der Waals surface area (Å²) in [7, 11) is 1.37. The number of carbonyl (C=O) groups is 2. The van der Waals surface area contributed by atoms with Crippen LogP contribution in [0.15, 0.2) is 41.6 Å². The Hall–Kier alpha value is -4.08. The number of rotatable bonds is 9. The number of hydrogen-bond donors (Lipinski definition) is 2. The van der Waals surface area contributed by atoms with Gasteiger partial charge in [0.25, 0.3) is 0 Å². The molecule has 1 aliphatic rings. The molecule has 0 fully saturated rings. The van der Waals surface area contributed by atoms with Crippen molar-refractivity contribution in [3.8, 4) is 11.5 Å². The summed E-state index contributed by atoms with van der Waals surface area (Å²) in [6.07, 6.45) is -0.0472. The monoisotopic (exact) mass is 497 g/mol. The second-order valence-electron chi connectivity index (χ2n) is 8.78. The van der Waals surface area contributed by atoms with Crippen LogP contribution in [0.5, 0.6) is 11.5 Å². The number of carbonyl (C=O) groups excluding carboxylic acids is 2. The third kappa shape index (κ3) is 5.76. The van der Waals surface area contributed by atoms with Crippen LogP contribution in [0, 0.1) is 24.0 Å². The molecule has 0 saturated carbocycles. The summed E-state index contributed by atoms with van der Waals surface area (Å²) in [5.41, 5.74) is 3.40. The van der Waals surface area contributed by atoms with Crippen molar-refractivity contribution < 1.29 is 28.7 Å². The first kappa shape index (κ1) is 26.5. The molecule has 36 heavy (non-hydrogen) atoms. The number of aryl methyl sites for hydroxylation is 2. The maximum atomic E-state index is 13.0. The molecule has 1 heterocycles. The number of allylic oxidation sites excluding steroid dienone is 1. The van der Waals surface area contributed by atoms with E-state index in [1.165, 1.54) is 19.2 Å². The number of esters is 1. The molecule has 0 aromatic heterocycles. The van der Waals surface area contributed by atoms with Gasteiger partial charge in [-0.2, -0.15) is 0 Å². The lowest BCUT2D eigenvalue weighted by molar-refractivity contribution is -0.386. The normalized spacial score (nSPS) is 15.3. The first-order valence-electron chi connectivity index (χ1n) is 11.6. The Morgan fingerprint density at radius 2 is 1.92 bits per heavy atom. The topological polar surface area (TPSA) is 129 Å². The second kappa shape index (κ2) is 11.1. The molecular weight excluding hydrogens is 466 g/mol. The molecular formula is C26H31N3O7. The number of ether oxygens (including phenoxy) is 3. The number of nitrogens with one attached hydrogen (secondary N) is 2. The first-order chi connectivity index (χ1) is 17.0. The molecule has 1 aliphatic heterocycles. The Morgan fingerprint density at radius 3 is 2.53 bits per heavy atom. The molecule has 1 atom stereocenters. The highest BCUT2D eigenvalue weighted by molar-refractivity contribution is 5.95. The van der Waals surface area contributed by atoms with Gasteiger partial charge in [0, 0.05) is 11.8 Å². The van der Waals surface area contributed by atoms with E-state index < -0.39 is 29.1 Å². The third-order valence-corrected chi connectivity index (χ3v) is 5.75. The van der Waals surface area contributed by atoms with E-state index in [1.807, 2.05) is 32.0 Å². The minimum absolute atomic E-state index is 0.0431. The lowest BCUT2D eigenvalue weighted by atomic mass is 9.93. The Kier molecular flexibility index (Phi) is 8.18. The van der Waals surface area contributed by atoms with Crippen molar-refractivity contribution in [2.24, 2.45) is 0 Å². The van der Waals surface area contributed by atoms with Gasteiger partial charge in [-0.15, -0.1) is 0 Å². The van der Waals surface area contributed by atoms with E-state index in [-0.39, 0.29) is 34.9 Å². The van der Waals surface area contributed by atoms with Crippen LogP contribution in [-0.2, 0) is 16.1 Å². The van der Waals surface area contributed by atoms with Crippen molar-refractivity contribution in [3.05, 3.63) is 74.0 Å². The largest absolute Gasteiger partial charge is 0.493 e. The fraction of sp³-hybridized carbons (Fsp3) is 0.385. The molecule has 3 rings (SSSR count). The number of nitro groups is 1. The van der Waals surface area contributed by atoms with Gasteiger partial charge in [-0.3, -0.25) is 10.1 Å². The zero-order valence-corrected chi connectivity index (χ0v) is 21.3. The highest BCUT2D eigenvalue weighted by Gasteiger charge is 2.36. The number of benzene rings is 2. The summed E-state index contributed by atoms with van der Waals surface area (Å²) >= 11 is 0. The van der Waals surface area contributed by atoms with E-state index in [0.717, 1.165) is 16.7 Å². The Bertz CT molecular complexity index is 1220. The Labute approximate surface area is 209 Å². The van der Waals surface area contributed by atoms with Crippen LogP contribution in [0.4, 0.5) is 10.5 Å². The van der Waals surface area contributed by atoms with Crippen LogP contribution >= 0.6 is 0 Å². The third-order valence-electron chi connectivity index (χ3n) is 5.75. The Balaban J connectivity index is 2.09. The van der Waals surface area contributed by atoms with Crippen molar-refractivity contribution in [1.29, 1.82) is 0 Å². The lowest BCUT2D eigenvalue weighted by Crippen LogP contribution is -2.46. The predicted molar refractivity (Wildman–Crippen MR) is 133 cm³/mol. The predicted octanol–water partition coefficient (Wildman–Crippen LogP) is 4.77. The van der Waals surface area contributed by atoms with Gasteiger partial charge in [0.2, 0.25) is 5.75 Å². The van der Waals surface area contributed by atoms with E-state index in [2.05, 4.69) is 10.6 Å². The minimum Gasteiger partial charge on any atom is -0.493 e. The zero-order valence-electron chi connectivity index (χ0n) is 21.3. The van der Waals surface area contributed by atoms with Gasteiger partial charge in [0.05, 0.1) is 29.8 Å². The molecule has 192 valence electrons. The van der Waals surface area contributed by atoms with Crippen LogP contribution in [0.3, 0.4) is 0 Å². The highest BCUT2D eigenvalue weighted by atomic mass is 16.6. The fourth-order valence-electron chi connectivity index (χ4n) is 3.98. The molecule has 10 heteroatoms. The average Bonchev–Trinajstić information content (AvgIpc) is 2.82. The van der Waals surface area contributed by atoms with E-state index in [9.17, 15) is 19.7 Å². The zero-order chi connectivity index (χ0) is 26.6. The standard InChI is InChI=1S/C26H31N3O7/c1-7-19-22(25(30)36-14(2)3)23(28-26(31)27-19)17-11-20(29(32)33)24(21(12-17)34-6)35-13-18-10-15(4)8-9-16(18)5/h8-12,14,23H,7,13H2,1-6H3,(H2,27,28,31). The molecule has 2 aromatic rings. The van der Waals surface area contributed by atoms with Crippen molar-refractivity contribution in [2.75, 3.05) is 7.11 Å². The number of nitro benzene ring substituents is 1. The average molecular weight is 498 g/mol. The summed E-state index contributed by atoms with van der Waals surface area (Å²) < 4.78 is 16.8. The number of hydrogen-bond acceptors (Lipinski definition) is 7. The van der Waals surface area contributed by atoms with Crippen LogP contribution in [0.25, 0.3) is 0 Å². The van der Waals surface area contributed by atoms with Crippen LogP contribution < -0.4 is 20.1 Å². The second-order valence-corrected chi connectivity index (χ2v) is 8.78. The molecule has 0 radical (unpaired) electrons.